The van der Waals surface area contributed by atoms with Crippen LogP contribution in [0.4, 0.5) is 11.4 Å². The number of para-hydroxylation sites is 1. The van der Waals surface area contributed by atoms with Gasteiger partial charge < -0.3 is 4.90 Å². The lowest BCUT2D eigenvalue weighted by atomic mass is 10.0. The minimum absolute atomic E-state index is 0.278. The normalized spacial score (nSPS) is 12.1. The van der Waals surface area contributed by atoms with Gasteiger partial charge in [-0.2, -0.15) is 0 Å². The van der Waals surface area contributed by atoms with Crippen molar-refractivity contribution in [2.24, 2.45) is 0 Å². The molecule has 4 rings (SSSR count). The third-order valence-corrected chi connectivity index (χ3v) is 7.96. The van der Waals surface area contributed by atoms with Crippen molar-refractivity contribution in [2.45, 2.75) is 23.6 Å². The lowest BCUT2D eigenvalue weighted by Gasteiger charge is -2.26. The molecule has 0 unspecified atom stereocenters. The third-order valence-electron chi connectivity index (χ3n) is 5.64. The molecule has 0 saturated carbocycles. The van der Waals surface area contributed by atoms with E-state index in [4.69, 9.17) is 0 Å². The SMILES string of the molecule is C/C=C\C=C(/C)N(c1ccccc1)c1ccc(-c2ccc(S(=O)(=O)c3ccc(Br)cc3)cc2)cc1. The van der Waals surface area contributed by atoms with E-state index in [1.54, 1.807) is 36.4 Å². The average molecular weight is 545 g/mol. The summed E-state index contributed by atoms with van der Waals surface area (Å²) in [6.07, 6.45) is 6.13. The van der Waals surface area contributed by atoms with Gasteiger partial charge in [0.05, 0.1) is 9.79 Å². The summed E-state index contributed by atoms with van der Waals surface area (Å²) in [5.41, 5.74) is 5.21. The Morgan fingerprint density at radius 3 is 1.74 bits per heavy atom. The van der Waals surface area contributed by atoms with Gasteiger partial charge >= 0.3 is 0 Å². The lowest BCUT2D eigenvalue weighted by molar-refractivity contribution is 0.596. The maximum Gasteiger partial charge on any atom is 0.206 e. The molecule has 176 valence electrons. The molecule has 5 heteroatoms. The first-order chi connectivity index (χ1) is 16.9. The second-order valence-electron chi connectivity index (χ2n) is 8.03. The first kappa shape index (κ1) is 24.7. The zero-order chi connectivity index (χ0) is 24.8. The van der Waals surface area contributed by atoms with E-state index >= 15 is 0 Å². The van der Waals surface area contributed by atoms with Crippen molar-refractivity contribution < 1.29 is 8.42 Å². The Morgan fingerprint density at radius 2 is 1.20 bits per heavy atom. The molecule has 0 bridgehead atoms. The van der Waals surface area contributed by atoms with Gasteiger partial charge in [-0.25, -0.2) is 8.42 Å². The Morgan fingerprint density at radius 1 is 0.714 bits per heavy atom. The van der Waals surface area contributed by atoms with Crippen LogP contribution in [-0.2, 0) is 9.84 Å². The molecule has 4 aromatic rings. The van der Waals surface area contributed by atoms with Gasteiger partial charge in [-0.3, -0.25) is 0 Å². The van der Waals surface area contributed by atoms with Crippen LogP contribution in [-0.4, -0.2) is 8.42 Å². The zero-order valence-corrected chi connectivity index (χ0v) is 22.0. The fraction of sp³-hybridized carbons (Fsp3) is 0.0667. The quantitative estimate of drug-likeness (QED) is 0.219. The van der Waals surface area contributed by atoms with Crippen LogP contribution < -0.4 is 4.90 Å². The molecular formula is C30H26BrNO2S. The highest BCUT2D eigenvalue weighted by Gasteiger charge is 2.17. The van der Waals surface area contributed by atoms with Gasteiger partial charge in [0.15, 0.2) is 0 Å². The molecule has 0 aliphatic carbocycles. The van der Waals surface area contributed by atoms with Crippen molar-refractivity contribution in [3.05, 3.63) is 132 Å². The summed E-state index contributed by atoms with van der Waals surface area (Å²) in [7, 11) is -3.56. The first-order valence-electron chi connectivity index (χ1n) is 11.3. The van der Waals surface area contributed by atoms with Crippen LogP contribution in [0.5, 0.6) is 0 Å². The van der Waals surface area contributed by atoms with Crippen molar-refractivity contribution in [1.82, 2.24) is 0 Å². The highest BCUT2D eigenvalue weighted by molar-refractivity contribution is 9.10. The van der Waals surface area contributed by atoms with Crippen LogP contribution in [0.15, 0.2) is 141 Å². The van der Waals surface area contributed by atoms with Crippen LogP contribution in [0, 0.1) is 0 Å². The largest absolute Gasteiger partial charge is 0.315 e. The Hall–Kier alpha value is -3.41. The number of anilines is 2. The highest BCUT2D eigenvalue weighted by atomic mass is 79.9. The fourth-order valence-corrected chi connectivity index (χ4v) is 5.35. The molecular weight excluding hydrogens is 518 g/mol. The topological polar surface area (TPSA) is 37.4 Å². The van der Waals surface area contributed by atoms with Crippen LogP contribution in [0.25, 0.3) is 11.1 Å². The molecule has 0 saturated heterocycles. The molecule has 0 atom stereocenters. The summed E-state index contributed by atoms with van der Waals surface area (Å²) in [4.78, 5) is 2.76. The molecule has 0 radical (unpaired) electrons. The number of hydrogen-bond acceptors (Lipinski definition) is 3. The molecule has 0 aliphatic rings. The Bertz CT molecular complexity index is 1440. The van der Waals surface area contributed by atoms with Crippen LogP contribution >= 0.6 is 15.9 Å². The number of halogens is 1. The zero-order valence-electron chi connectivity index (χ0n) is 19.6. The Kier molecular flexibility index (Phi) is 7.69. The standard InChI is InChI=1S/C30H26BrNO2S/c1-3-4-8-23(2)32(27-9-6-5-7-10-27)28-17-11-24(12-18-28)25-13-19-29(20-14-25)35(33,34)30-21-15-26(31)16-22-30/h3-22H,1-2H3/b4-3-,23-8+. The first-order valence-corrected chi connectivity index (χ1v) is 13.5. The van der Waals surface area contributed by atoms with Crippen LogP contribution in [0.3, 0.4) is 0 Å². The van der Waals surface area contributed by atoms with E-state index in [1.807, 2.05) is 49.4 Å². The summed E-state index contributed by atoms with van der Waals surface area (Å²) >= 11 is 3.35. The van der Waals surface area contributed by atoms with E-state index in [-0.39, 0.29) is 9.79 Å². The van der Waals surface area contributed by atoms with E-state index in [2.05, 4.69) is 70.2 Å². The second-order valence-corrected chi connectivity index (χ2v) is 10.9. The molecule has 0 amide bonds. The van der Waals surface area contributed by atoms with E-state index < -0.39 is 9.84 Å². The van der Waals surface area contributed by atoms with Crippen molar-refractivity contribution in [1.29, 1.82) is 0 Å². The van der Waals surface area contributed by atoms with Crippen LogP contribution in [0.2, 0.25) is 0 Å². The van der Waals surface area contributed by atoms with Gasteiger partial charge in [-0.1, -0.05) is 70.5 Å². The summed E-state index contributed by atoms with van der Waals surface area (Å²) in [6, 6.07) is 32.3. The lowest BCUT2D eigenvalue weighted by Crippen LogP contribution is -2.14. The van der Waals surface area contributed by atoms with Gasteiger partial charge in [0.1, 0.15) is 0 Å². The number of hydrogen-bond donors (Lipinski definition) is 0. The number of rotatable bonds is 7. The number of benzene rings is 4. The third kappa shape index (κ3) is 5.64. The molecule has 3 nitrogen and oxygen atoms in total. The maximum atomic E-state index is 13.0. The van der Waals surface area contributed by atoms with E-state index in [0.29, 0.717) is 0 Å². The van der Waals surface area contributed by atoms with E-state index in [0.717, 1.165) is 32.7 Å². The molecule has 0 N–H and O–H groups in total. The summed E-state index contributed by atoms with van der Waals surface area (Å²) in [5, 5.41) is 0. The monoisotopic (exact) mass is 543 g/mol. The summed E-state index contributed by atoms with van der Waals surface area (Å²) in [5.74, 6) is 0. The molecule has 0 aromatic heterocycles. The predicted molar refractivity (Wildman–Crippen MR) is 149 cm³/mol. The van der Waals surface area contributed by atoms with Crippen molar-refractivity contribution in [3.8, 4) is 11.1 Å². The van der Waals surface area contributed by atoms with Gasteiger partial charge in [0, 0.05) is 21.5 Å². The molecule has 4 aromatic carbocycles. The molecule has 0 aliphatic heterocycles. The average Bonchev–Trinajstić information content (AvgIpc) is 2.89. The molecule has 0 heterocycles. The molecule has 35 heavy (non-hydrogen) atoms. The molecule has 0 fully saturated rings. The number of sulfone groups is 1. The van der Waals surface area contributed by atoms with E-state index in [1.165, 1.54) is 0 Å². The second kappa shape index (κ2) is 10.9. The molecule has 0 spiro atoms. The Balaban J connectivity index is 1.62. The highest BCUT2D eigenvalue weighted by Crippen LogP contribution is 2.32. The minimum Gasteiger partial charge on any atom is -0.315 e. The summed E-state index contributed by atoms with van der Waals surface area (Å²) in [6.45, 7) is 4.09. The maximum absolute atomic E-state index is 13.0. The van der Waals surface area contributed by atoms with Crippen LogP contribution in [0.1, 0.15) is 13.8 Å². The van der Waals surface area contributed by atoms with Gasteiger partial charge in [-0.05, 0) is 91.7 Å². The van der Waals surface area contributed by atoms with Crippen molar-refractivity contribution in [3.63, 3.8) is 0 Å². The van der Waals surface area contributed by atoms with Gasteiger partial charge in [0.25, 0.3) is 0 Å². The number of nitrogens with zero attached hydrogens (tertiary/aromatic N) is 1. The van der Waals surface area contributed by atoms with Gasteiger partial charge in [0.2, 0.25) is 9.84 Å². The van der Waals surface area contributed by atoms with Gasteiger partial charge in [-0.15, -0.1) is 0 Å². The predicted octanol–water partition coefficient (Wildman–Crippen LogP) is 8.57. The minimum atomic E-state index is -3.56. The fourth-order valence-electron chi connectivity index (χ4n) is 3.82. The summed E-state index contributed by atoms with van der Waals surface area (Å²) < 4.78 is 26.8. The van der Waals surface area contributed by atoms with Crippen molar-refractivity contribution >= 4 is 37.1 Å². The smallest absolute Gasteiger partial charge is 0.206 e. The van der Waals surface area contributed by atoms with Crippen molar-refractivity contribution in [2.75, 3.05) is 4.90 Å². The Labute approximate surface area is 216 Å². The number of allylic oxidation sites excluding steroid dienone is 4. The van der Waals surface area contributed by atoms with E-state index in [9.17, 15) is 8.42 Å².